The number of hydrogen-bond donors (Lipinski definition) is 2. The van der Waals surface area contributed by atoms with Gasteiger partial charge in [0.2, 0.25) is 10.0 Å². The summed E-state index contributed by atoms with van der Waals surface area (Å²) in [5, 5.41) is 10.6. The van der Waals surface area contributed by atoms with Crippen LogP contribution in [0.25, 0.3) is 0 Å². The molecule has 2 rings (SSSR count). The Morgan fingerprint density at radius 1 is 1.00 bits per heavy atom. The van der Waals surface area contributed by atoms with Crippen LogP contribution in [0.5, 0.6) is 0 Å². The van der Waals surface area contributed by atoms with Crippen molar-refractivity contribution in [1.82, 2.24) is 10.2 Å². The van der Waals surface area contributed by atoms with Gasteiger partial charge in [0.05, 0.1) is 6.26 Å². The molecule has 0 atom stereocenters. The highest BCUT2D eigenvalue weighted by molar-refractivity contribution is 7.92. The first kappa shape index (κ1) is 14.9. The number of ketones is 1. The van der Waals surface area contributed by atoms with Crippen molar-refractivity contribution in [1.29, 1.82) is 0 Å². The molecule has 8 heteroatoms. The van der Waals surface area contributed by atoms with E-state index in [9.17, 15) is 13.2 Å². The summed E-state index contributed by atoms with van der Waals surface area (Å²) in [5.74, 6) is 0.608. The Hall–Kier alpha value is -2.48. The van der Waals surface area contributed by atoms with Gasteiger partial charge < -0.3 is 5.32 Å². The number of carbonyl (C=O) groups is 1. The molecule has 2 aromatic rings. The van der Waals surface area contributed by atoms with Gasteiger partial charge in [0, 0.05) is 11.3 Å². The third-order valence-corrected chi connectivity index (χ3v) is 3.10. The molecule has 0 saturated carbocycles. The van der Waals surface area contributed by atoms with Crippen LogP contribution >= 0.6 is 0 Å². The first-order valence-electron chi connectivity index (χ1n) is 6.03. The van der Waals surface area contributed by atoms with Gasteiger partial charge >= 0.3 is 0 Å². The Balaban J connectivity index is 2.08. The van der Waals surface area contributed by atoms with Crippen molar-refractivity contribution < 1.29 is 13.2 Å². The Labute approximate surface area is 122 Å². The molecule has 7 nitrogen and oxygen atoms in total. The summed E-state index contributed by atoms with van der Waals surface area (Å²) in [6, 6.07) is 10.0. The summed E-state index contributed by atoms with van der Waals surface area (Å²) in [6.45, 7) is 1.50. The Morgan fingerprint density at radius 3 is 2.05 bits per heavy atom. The van der Waals surface area contributed by atoms with Crippen LogP contribution in [0.4, 0.5) is 17.3 Å². The van der Waals surface area contributed by atoms with E-state index in [1.54, 1.807) is 30.3 Å². The molecule has 0 unspecified atom stereocenters. The van der Waals surface area contributed by atoms with Crippen molar-refractivity contribution in [2.24, 2.45) is 0 Å². The van der Waals surface area contributed by atoms with Gasteiger partial charge in [0.25, 0.3) is 0 Å². The number of anilines is 3. The highest BCUT2D eigenvalue weighted by Gasteiger charge is 2.04. The molecule has 0 aliphatic rings. The quantitative estimate of drug-likeness (QED) is 0.817. The van der Waals surface area contributed by atoms with E-state index in [-0.39, 0.29) is 11.6 Å². The van der Waals surface area contributed by atoms with Crippen LogP contribution in [-0.4, -0.2) is 30.7 Å². The number of benzene rings is 1. The second-order valence-corrected chi connectivity index (χ2v) is 6.19. The molecule has 21 heavy (non-hydrogen) atoms. The summed E-state index contributed by atoms with van der Waals surface area (Å²) in [4.78, 5) is 11.2. The average molecular weight is 306 g/mol. The number of hydrogen-bond acceptors (Lipinski definition) is 6. The molecular weight excluding hydrogens is 292 g/mol. The van der Waals surface area contributed by atoms with E-state index in [4.69, 9.17) is 0 Å². The Morgan fingerprint density at radius 2 is 1.57 bits per heavy atom. The third kappa shape index (κ3) is 4.53. The summed E-state index contributed by atoms with van der Waals surface area (Å²) in [5.41, 5.74) is 1.37. The molecule has 0 fully saturated rings. The van der Waals surface area contributed by atoms with Crippen LogP contribution in [0.1, 0.15) is 17.3 Å². The fourth-order valence-corrected chi connectivity index (χ4v) is 2.07. The van der Waals surface area contributed by atoms with Crippen molar-refractivity contribution >= 4 is 33.1 Å². The Bertz CT molecular complexity index is 740. The van der Waals surface area contributed by atoms with Crippen molar-refractivity contribution in [3.8, 4) is 0 Å². The number of nitrogens with one attached hydrogen (secondary N) is 2. The van der Waals surface area contributed by atoms with Crippen molar-refractivity contribution in [3.05, 3.63) is 42.0 Å². The molecule has 0 radical (unpaired) electrons. The van der Waals surface area contributed by atoms with E-state index in [1.807, 2.05) is 0 Å². The summed E-state index contributed by atoms with van der Waals surface area (Å²) in [6.07, 6.45) is 1.04. The molecule has 0 saturated heterocycles. The number of rotatable bonds is 5. The highest BCUT2D eigenvalue weighted by atomic mass is 32.2. The maximum absolute atomic E-state index is 11.2. The van der Waals surface area contributed by atoms with Crippen LogP contribution < -0.4 is 10.0 Å². The molecule has 0 bridgehead atoms. The molecule has 2 N–H and O–H groups in total. The highest BCUT2D eigenvalue weighted by Crippen LogP contribution is 2.16. The number of aromatic nitrogens is 2. The number of nitrogens with zero attached hydrogens (tertiary/aromatic N) is 2. The number of sulfonamides is 1. The van der Waals surface area contributed by atoms with E-state index < -0.39 is 10.0 Å². The standard InChI is InChI=1S/C13H14N4O3S/c1-9(18)10-3-5-11(6-4-10)14-12-7-8-13(16-15-12)17-21(2,19)20/h3-8H,1-2H3,(H,14,15)(H,16,17). The molecule has 110 valence electrons. The van der Waals surface area contributed by atoms with Gasteiger partial charge in [-0.25, -0.2) is 8.42 Å². The lowest BCUT2D eigenvalue weighted by Crippen LogP contribution is -2.11. The monoisotopic (exact) mass is 306 g/mol. The minimum absolute atomic E-state index is 0.00227. The van der Waals surface area contributed by atoms with Crippen LogP contribution in [0.3, 0.4) is 0 Å². The van der Waals surface area contributed by atoms with Crippen molar-refractivity contribution in [3.63, 3.8) is 0 Å². The molecule has 0 amide bonds. The summed E-state index contributed by atoms with van der Waals surface area (Å²) >= 11 is 0. The lowest BCUT2D eigenvalue weighted by atomic mass is 10.1. The first-order chi connectivity index (χ1) is 9.83. The summed E-state index contributed by atoms with van der Waals surface area (Å²) < 4.78 is 24.3. The molecule has 1 aromatic heterocycles. The zero-order valence-corrected chi connectivity index (χ0v) is 12.3. The van der Waals surface area contributed by atoms with Gasteiger partial charge in [-0.05, 0) is 43.3 Å². The lowest BCUT2D eigenvalue weighted by molar-refractivity contribution is 0.101. The fraction of sp³-hybridized carbons (Fsp3) is 0.154. The Kier molecular flexibility index (Phi) is 4.18. The van der Waals surface area contributed by atoms with E-state index in [1.165, 1.54) is 13.0 Å². The predicted octanol–water partition coefficient (Wildman–Crippen LogP) is 1.79. The fourth-order valence-electron chi connectivity index (χ4n) is 1.58. The minimum atomic E-state index is -3.37. The molecule has 0 aliphatic carbocycles. The van der Waals surface area contributed by atoms with Gasteiger partial charge in [-0.2, -0.15) is 0 Å². The minimum Gasteiger partial charge on any atom is -0.339 e. The topological polar surface area (TPSA) is 101 Å². The zero-order chi connectivity index (χ0) is 15.5. The lowest BCUT2D eigenvalue weighted by Gasteiger charge is -2.06. The van der Waals surface area contributed by atoms with E-state index in [0.717, 1.165) is 11.9 Å². The average Bonchev–Trinajstić information content (AvgIpc) is 2.40. The van der Waals surface area contributed by atoms with E-state index in [2.05, 4.69) is 20.2 Å². The maximum Gasteiger partial charge on any atom is 0.231 e. The predicted molar refractivity (Wildman–Crippen MR) is 80.2 cm³/mol. The molecule has 0 aliphatic heterocycles. The van der Waals surface area contributed by atoms with Crippen LogP contribution in [0, 0.1) is 0 Å². The molecule has 1 aromatic carbocycles. The number of Topliss-reactive ketones (excluding diaryl/α,β-unsaturated/α-hetero) is 1. The van der Waals surface area contributed by atoms with Crippen LogP contribution in [-0.2, 0) is 10.0 Å². The second kappa shape index (κ2) is 5.88. The smallest absolute Gasteiger partial charge is 0.231 e. The summed E-state index contributed by atoms with van der Waals surface area (Å²) in [7, 11) is -3.37. The molecular formula is C13H14N4O3S. The zero-order valence-electron chi connectivity index (χ0n) is 11.5. The van der Waals surface area contributed by atoms with Gasteiger partial charge in [-0.1, -0.05) is 0 Å². The van der Waals surface area contributed by atoms with E-state index in [0.29, 0.717) is 11.4 Å². The van der Waals surface area contributed by atoms with Crippen molar-refractivity contribution in [2.45, 2.75) is 6.92 Å². The first-order valence-corrected chi connectivity index (χ1v) is 7.92. The molecule has 0 spiro atoms. The van der Waals surface area contributed by atoms with Crippen LogP contribution in [0.15, 0.2) is 36.4 Å². The third-order valence-electron chi connectivity index (χ3n) is 2.52. The maximum atomic E-state index is 11.2. The normalized spacial score (nSPS) is 11.0. The largest absolute Gasteiger partial charge is 0.339 e. The van der Waals surface area contributed by atoms with E-state index >= 15 is 0 Å². The van der Waals surface area contributed by atoms with Gasteiger partial charge in [-0.3, -0.25) is 9.52 Å². The van der Waals surface area contributed by atoms with Gasteiger partial charge in [0.15, 0.2) is 17.4 Å². The van der Waals surface area contributed by atoms with Crippen molar-refractivity contribution in [2.75, 3.05) is 16.3 Å². The van der Waals surface area contributed by atoms with Gasteiger partial charge in [-0.15, -0.1) is 10.2 Å². The van der Waals surface area contributed by atoms with Crippen LogP contribution in [0.2, 0.25) is 0 Å². The number of carbonyl (C=O) groups excluding carboxylic acids is 1. The molecule has 1 heterocycles. The second-order valence-electron chi connectivity index (χ2n) is 4.44. The SMILES string of the molecule is CC(=O)c1ccc(Nc2ccc(NS(C)(=O)=O)nn2)cc1. The van der Waals surface area contributed by atoms with Gasteiger partial charge in [0.1, 0.15) is 0 Å².